The van der Waals surface area contributed by atoms with Crippen LogP contribution in [0.4, 0.5) is 16.0 Å². The number of fused-ring (bicyclic) bond motifs is 1. The van der Waals surface area contributed by atoms with Gasteiger partial charge < -0.3 is 15.4 Å². The third kappa shape index (κ3) is 4.93. The first-order valence-corrected chi connectivity index (χ1v) is 10.1. The highest BCUT2D eigenvalue weighted by Crippen LogP contribution is 2.30. The Kier molecular flexibility index (Phi) is 6.21. The fourth-order valence-electron chi connectivity index (χ4n) is 3.23. The molecule has 2 aromatic heterocycles. The number of hydrogen-bond donors (Lipinski definition) is 2. The Balaban J connectivity index is 1.55. The summed E-state index contributed by atoms with van der Waals surface area (Å²) < 4.78 is 19.6. The molecule has 0 aliphatic carbocycles. The molecule has 0 fully saturated rings. The molecular weight excluding hydrogens is 425 g/mol. The van der Waals surface area contributed by atoms with Gasteiger partial charge in [0.15, 0.2) is 5.65 Å². The summed E-state index contributed by atoms with van der Waals surface area (Å²) in [6.45, 7) is 1.68. The van der Waals surface area contributed by atoms with Gasteiger partial charge in [0.2, 0.25) is 5.95 Å². The maximum Gasteiger partial charge on any atom is 0.397 e. The van der Waals surface area contributed by atoms with Crippen LogP contribution >= 0.6 is 0 Å². The summed E-state index contributed by atoms with van der Waals surface area (Å²) >= 11 is 0. The number of ether oxygens (including phenoxy) is 1. The molecule has 0 aliphatic heterocycles. The number of aryl methyl sites for hydroxylation is 1. The molecule has 4 rings (SSSR count). The summed E-state index contributed by atoms with van der Waals surface area (Å²) in [5.74, 6) is -2.39. The van der Waals surface area contributed by atoms with Gasteiger partial charge in [0.05, 0.1) is 5.69 Å². The third-order valence-electron chi connectivity index (χ3n) is 4.93. The largest absolute Gasteiger partial charge is 0.454 e. The number of rotatable bonds is 5. The minimum absolute atomic E-state index is 0.0607. The average Bonchev–Trinajstić information content (AvgIpc) is 2.84. The molecule has 0 aliphatic rings. The van der Waals surface area contributed by atoms with E-state index in [2.05, 4.69) is 25.6 Å². The van der Waals surface area contributed by atoms with E-state index in [9.17, 15) is 14.0 Å². The predicted molar refractivity (Wildman–Crippen MR) is 122 cm³/mol. The van der Waals surface area contributed by atoms with Crippen molar-refractivity contribution in [1.29, 1.82) is 0 Å². The molecule has 1 amide bonds. The van der Waals surface area contributed by atoms with E-state index in [4.69, 9.17) is 4.74 Å². The van der Waals surface area contributed by atoms with Crippen molar-refractivity contribution in [3.63, 3.8) is 0 Å². The standard InChI is InChI=1S/C24H20FN5O3/c1-14-8-19(25)20(29-22(31)23(32)33-13-15-6-4-3-5-7-15)10-18(14)16-9-17-12-28-24(26-2)30-21(17)27-11-16/h3-12H,13H2,1-2H3,(H,29,31)(H,26,27,28,30). The van der Waals surface area contributed by atoms with Crippen molar-refractivity contribution < 1.29 is 18.7 Å². The number of benzene rings is 2. The number of nitrogens with zero attached hydrogens (tertiary/aromatic N) is 3. The van der Waals surface area contributed by atoms with Gasteiger partial charge in [0.1, 0.15) is 12.4 Å². The van der Waals surface area contributed by atoms with Gasteiger partial charge in [-0.25, -0.2) is 19.2 Å². The number of hydrogen-bond acceptors (Lipinski definition) is 7. The van der Waals surface area contributed by atoms with Crippen LogP contribution in [0, 0.1) is 12.7 Å². The zero-order valence-corrected chi connectivity index (χ0v) is 17.9. The smallest absolute Gasteiger partial charge is 0.397 e. The summed E-state index contributed by atoms with van der Waals surface area (Å²) in [5.41, 5.74) is 3.05. The van der Waals surface area contributed by atoms with Crippen molar-refractivity contribution >= 4 is 34.5 Å². The molecule has 0 atom stereocenters. The zero-order chi connectivity index (χ0) is 23.4. The first-order valence-electron chi connectivity index (χ1n) is 10.1. The molecule has 2 aromatic carbocycles. The third-order valence-corrected chi connectivity index (χ3v) is 4.93. The zero-order valence-electron chi connectivity index (χ0n) is 17.9. The number of pyridine rings is 1. The van der Waals surface area contributed by atoms with Crippen LogP contribution in [0.2, 0.25) is 0 Å². The van der Waals surface area contributed by atoms with E-state index < -0.39 is 17.7 Å². The van der Waals surface area contributed by atoms with E-state index in [0.717, 1.165) is 5.56 Å². The van der Waals surface area contributed by atoms with Crippen molar-refractivity contribution in [3.8, 4) is 11.1 Å². The van der Waals surface area contributed by atoms with E-state index in [1.165, 1.54) is 12.1 Å². The molecule has 9 heteroatoms. The number of nitrogens with one attached hydrogen (secondary N) is 2. The lowest BCUT2D eigenvalue weighted by atomic mass is 10.00. The minimum Gasteiger partial charge on any atom is -0.454 e. The van der Waals surface area contributed by atoms with Gasteiger partial charge in [-0.2, -0.15) is 4.98 Å². The highest BCUT2D eigenvalue weighted by atomic mass is 19.1. The second kappa shape index (κ2) is 9.39. The Hall–Kier alpha value is -4.40. The number of carbonyl (C=O) groups excluding carboxylic acids is 2. The lowest BCUT2D eigenvalue weighted by molar-refractivity contribution is -0.153. The molecule has 166 valence electrons. The normalized spacial score (nSPS) is 10.6. The van der Waals surface area contributed by atoms with Gasteiger partial charge in [-0.15, -0.1) is 0 Å². The Morgan fingerprint density at radius 2 is 1.85 bits per heavy atom. The molecule has 0 unspecified atom stereocenters. The van der Waals surface area contributed by atoms with Crippen molar-refractivity contribution in [1.82, 2.24) is 15.0 Å². The highest BCUT2D eigenvalue weighted by Gasteiger charge is 2.19. The first-order chi connectivity index (χ1) is 15.9. The molecule has 4 aromatic rings. The Bertz CT molecular complexity index is 1350. The van der Waals surface area contributed by atoms with Crippen molar-refractivity contribution in [2.45, 2.75) is 13.5 Å². The fraction of sp³-hybridized carbons (Fsp3) is 0.125. The van der Waals surface area contributed by atoms with E-state index in [1.807, 2.05) is 12.1 Å². The molecule has 2 heterocycles. The SMILES string of the molecule is CNc1ncc2cc(-c3cc(NC(=O)C(=O)OCc4ccccc4)c(F)cc3C)cnc2n1. The monoisotopic (exact) mass is 445 g/mol. The molecule has 0 radical (unpaired) electrons. The fourth-order valence-corrected chi connectivity index (χ4v) is 3.23. The maximum absolute atomic E-state index is 14.5. The Labute approximate surface area is 188 Å². The van der Waals surface area contributed by atoms with E-state index >= 15 is 0 Å². The topological polar surface area (TPSA) is 106 Å². The van der Waals surface area contributed by atoms with Gasteiger partial charge in [-0.3, -0.25) is 4.79 Å². The van der Waals surface area contributed by atoms with Gasteiger partial charge >= 0.3 is 11.9 Å². The highest BCUT2D eigenvalue weighted by molar-refractivity contribution is 6.37. The van der Waals surface area contributed by atoms with Gasteiger partial charge in [-0.05, 0) is 41.8 Å². The van der Waals surface area contributed by atoms with Crippen LogP contribution in [0.15, 0.2) is 60.9 Å². The molecule has 8 nitrogen and oxygen atoms in total. The van der Waals surface area contributed by atoms with Gasteiger partial charge in [0.25, 0.3) is 0 Å². The molecule has 0 spiro atoms. The van der Waals surface area contributed by atoms with Gasteiger partial charge in [0, 0.05) is 30.4 Å². The van der Waals surface area contributed by atoms with Crippen molar-refractivity contribution in [2.24, 2.45) is 0 Å². The van der Waals surface area contributed by atoms with Crippen molar-refractivity contribution in [2.75, 3.05) is 17.7 Å². The van der Waals surface area contributed by atoms with Crippen LogP contribution in [-0.2, 0) is 20.9 Å². The van der Waals surface area contributed by atoms with Crippen LogP contribution in [0.5, 0.6) is 0 Å². The molecule has 0 saturated carbocycles. The van der Waals surface area contributed by atoms with E-state index in [-0.39, 0.29) is 12.3 Å². The van der Waals surface area contributed by atoms with Crippen LogP contribution in [0.25, 0.3) is 22.2 Å². The van der Waals surface area contributed by atoms with Gasteiger partial charge in [-0.1, -0.05) is 30.3 Å². The second-order valence-electron chi connectivity index (χ2n) is 7.24. The number of esters is 1. The summed E-state index contributed by atoms with van der Waals surface area (Å²) in [4.78, 5) is 37.1. The molecule has 2 N–H and O–H groups in total. The Morgan fingerprint density at radius 1 is 1.06 bits per heavy atom. The second-order valence-corrected chi connectivity index (χ2v) is 7.24. The quantitative estimate of drug-likeness (QED) is 0.355. The number of aromatic nitrogens is 3. The number of carbonyl (C=O) groups is 2. The number of anilines is 2. The number of halogens is 1. The first kappa shape index (κ1) is 21.8. The molecular formula is C24H20FN5O3. The lowest BCUT2D eigenvalue weighted by Crippen LogP contribution is -2.25. The maximum atomic E-state index is 14.5. The van der Waals surface area contributed by atoms with Crippen LogP contribution in [-0.4, -0.2) is 33.9 Å². The summed E-state index contributed by atoms with van der Waals surface area (Å²) in [7, 11) is 1.71. The lowest BCUT2D eigenvalue weighted by Gasteiger charge is -2.12. The summed E-state index contributed by atoms with van der Waals surface area (Å²) in [6.07, 6.45) is 3.24. The minimum atomic E-state index is -1.11. The van der Waals surface area contributed by atoms with Crippen molar-refractivity contribution in [3.05, 3.63) is 77.9 Å². The number of amides is 1. The Morgan fingerprint density at radius 3 is 2.61 bits per heavy atom. The molecule has 0 saturated heterocycles. The molecule has 33 heavy (non-hydrogen) atoms. The summed E-state index contributed by atoms with van der Waals surface area (Å²) in [5, 5.41) is 5.85. The van der Waals surface area contributed by atoms with Crippen LogP contribution < -0.4 is 10.6 Å². The van der Waals surface area contributed by atoms with E-state index in [1.54, 1.807) is 50.6 Å². The van der Waals surface area contributed by atoms with Crippen LogP contribution in [0.3, 0.4) is 0 Å². The predicted octanol–water partition coefficient (Wildman–Crippen LogP) is 3.86. The van der Waals surface area contributed by atoms with E-state index in [0.29, 0.717) is 33.7 Å². The molecule has 0 bridgehead atoms. The average molecular weight is 445 g/mol. The summed E-state index contributed by atoms with van der Waals surface area (Å²) in [6, 6.07) is 13.5. The van der Waals surface area contributed by atoms with Crippen LogP contribution in [0.1, 0.15) is 11.1 Å².